The van der Waals surface area contributed by atoms with Crippen molar-refractivity contribution in [2.75, 3.05) is 25.2 Å². The Hall–Kier alpha value is -4.02. The monoisotopic (exact) mass is 568 g/mol. The van der Waals surface area contributed by atoms with Gasteiger partial charge in [-0.2, -0.15) is 0 Å². The average molecular weight is 569 g/mol. The summed E-state index contributed by atoms with van der Waals surface area (Å²) in [6.45, 7) is -0.509. The molecule has 0 amide bonds. The summed E-state index contributed by atoms with van der Waals surface area (Å²) in [6, 6.07) is 0. The van der Waals surface area contributed by atoms with Crippen LogP contribution in [0.15, 0.2) is 19.0 Å². The van der Waals surface area contributed by atoms with E-state index in [2.05, 4.69) is 41.7 Å². The molecule has 6 rings (SSSR count). The van der Waals surface area contributed by atoms with Crippen molar-refractivity contribution in [1.29, 1.82) is 0 Å². The molecular weight excluding hydrogens is 540 g/mol. The van der Waals surface area contributed by atoms with Gasteiger partial charge in [-0.05, 0) is 5.92 Å². The quantitative estimate of drug-likeness (QED) is 0.136. The lowest BCUT2D eigenvalue weighted by Gasteiger charge is -2.19. The van der Waals surface area contributed by atoms with E-state index in [4.69, 9.17) is 25.7 Å². The van der Waals surface area contributed by atoms with Gasteiger partial charge in [-0.1, -0.05) is 5.92 Å². The molecule has 0 aliphatic carbocycles. The maximum absolute atomic E-state index is 10.8. The van der Waals surface area contributed by atoms with E-state index in [-0.39, 0.29) is 41.5 Å². The lowest BCUT2D eigenvalue weighted by molar-refractivity contribution is -0.0514. The van der Waals surface area contributed by atoms with Gasteiger partial charge in [0.2, 0.25) is 0 Å². The van der Waals surface area contributed by atoms with Crippen molar-refractivity contribution in [1.82, 2.24) is 39.0 Å². The number of rotatable bonds is 6. The minimum atomic E-state index is -1.40. The molecule has 4 aromatic heterocycles. The minimum Gasteiger partial charge on any atom is -0.394 e. The molecule has 0 saturated carbocycles. The largest absolute Gasteiger partial charge is 0.394 e. The number of nitrogens with zero attached hydrogens (tertiary/aromatic N) is 8. The molecule has 2 saturated heterocycles. The number of methoxy groups -OCH3 is 1. The second kappa shape index (κ2) is 10.8. The summed E-state index contributed by atoms with van der Waals surface area (Å²) in [5, 5.41) is 41.3. The molecule has 2 fully saturated rings. The van der Waals surface area contributed by atoms with E-state index in [0.717, 1.165) is 0 Å². The number of aliphatic hydroxyl groups excluding tert-OH is 4. The Morgan fingerprint density at radius 2 is 1.73 bits per heavy atom. The van der Waals surface area contributed by atoms with E-state index in [9.17, 15) is 20.4 Å². The highest BCUT2D eigenvalue weighted by atomic mass is 16.6. The number of nitrogen functional groups attached to an aromatic ring is 2. The first-order valence-electron chi connectivity index (χ1n) is 12.7. The fourth-order valence-electron chi connectivity index (χ4n) is 5.10. The van der Waals surface area contributed by atoms with Crippen molar-refractivity contribution >= 4 is 34.0 Å². The fraction of sp³-hybridized carbons (Fsp3) is 0.500. The third-order valence-electron chi connectivity index (χ3n) is 7.25. The summed E-state index contributed by atoms with van der Waals surface area (Å²) in [6.07, 6.45) is -3.04. The van der Waals surface area contributed by atoms with Gasteiger partial charge in [-0.15, -0.1) is 0 Å². The average Bonchev–Trinajstić information content (AvgIpc) is 3.72. The molecule has 0 bridgehead atoms. The van der Waals surface area contributed by atoms with Crippen molar-refractivity contribution in [3.63, 3.8) is 0 Å². The third kappa shape index (κ3) is 4.70. The van der Waals surface area contributed by atoms with Gasteiger partial charge in [0.05, 0.1) is 25.1 Å². The standard InChI is InChI=1S/C24H28N10O7/c1-39-10(4-12-11(36)5-15(40-12)33-9-31-16-20(25)27-7-29-22(16)33)2-3-14-32-17-21(26)28-8-30-23(17)34(14)24-19(38)18(37)13(6-35)41-24/h7-13,15,18-19,24,35-38H,4-6H2,1H3,(H2,25,27,29)(H2,26,28,30)/t10?,11-,12+,13+,15+,18+,19+,24+/m0/s1. The topological polar surface area (TPSA) is 248 Å². The third-order valence-corrected chi connectivity index (χ3v) is 7.25. The van der Waals surface area contributed by atoms with Crippen LogP contribution in [0.5, 0.6) is 0 Å². The van der Waals surface area contributed by atoms with Gasteiger partial charge < -0.3 is 46.1 Å². The predicted molar refractivity (Wildman–Crippen MR) is 139 cm³/mol. The fourth-order valence-corrected chi connectivity index (χ4v) is 5.10. The van der Waals surface area contributed by atoms with Gasteiger partial charge in [0, 0.05) is 20.0 Å². The molecule has 6 heterocycles. The smallest absolute Gasteiger partial charge is 0.190 e. The van der Waals surface area contributed by atoms with Crippen LogP contribution < -0.4 is 11.5 Å². The summed E-state index contributed by atoms with van der Waals surface area (Å²) < 4.78 is 20.5. The van der Waals surface area contributed by atoms with E-state index in [1.165, 1.54) is 24.3 Å². The number of fused-ring (bicyclic) bond motifs is 2. The Morgan fingerprint density at radius 3 is 2.44 bits per heavy atom. The first-order valence-corrected chi connectivity index (χ1v) is 12.7. The van der Waals surface area contributed by atoms with Crippen molar-refractivity contribution in [3.8, 4) is 11.8 Å². The molecule has 0 spiro atoms. The van der Waals surface area contributed by atoms with Crippen molar-refractivity contribution in [2.24, 2.45) is 0 Å². The number of aromatic nitrogens is 8. The molecule has 8 atom stereocenters. The van der Waals surface area contributed by atoms with Gasteiger partial charge in [0.1, 0.15) is 48.8 Å². The molecule has 0 aromatic carbocycles. The molecule has 8 N–H and O–H groups in total. The zero-order valence-corrected chi connectivity index (χ0v) is 21.7. The molecule has 4 aromatic rings. The van der Waals surface area contributed by atoms with Gasteiger partial charge in [0.15, 0.2) is 40.5 Å². The van der Waals surface area contributed by atoms with E-state index in [1.807, 2.05) is 0 Å². The molecule has 17 nitrogen and oxygen atoms in total. The summed E-state index contributed by atoms with van der Waals surface area (Å²) in [5.41, 5.74) is 13.3. The van der Waals surface area contributed by atoms with Crippen LogP contribution >= 0.6 is 0 Å². The summed E-state index contributed by atoms with van der Waals surface area (Å²) in [5.74, 6) is 6.33. The molecular formula is C24H28N10O7. The Labute approximate surface area is 231 Å². The van der Waals surface area contributed by atoms with E-state index < -0.39 is 55.7 Å². The van der Waals surface area contributed by atoms with Gasteiger partial charge in [-0.25, -0.2) is 29.9 Å². The number of hydrogen-bond acceptors (Lipinski definition) is 15. The van der Waals surface area contributed by atoms with Crippen molar-refractivity contribution in [2.45, 2.75) is 61.9 Å². The molecule has 2 aliphatic rings. The Bertz CT molecular complexity index is 1630. The number of anilines is 2. The van der Waals surface area contributed by atoms with Crippen molar-refractivity contribution in [3.05, 3.63) is 24.8 Å². The highest BCUT2D eigenvalue weighted by Gasteiger charge is 2.45. The highest BCUT2D eigenvalue weighted by Crippen LogP contribution is 2.35. The predicted octanol–water partition coefficient (Wildman–Crippen LogP) is -2.15. The van der Waals surface area contributed by atoms with Crippen LogP contribution in [0.2, 0.25) is 0 Å². The number of aliphatic hydroxyl groups is 4. The second-order valence-corrected chi connectivity index (χ2v) is 9.71. The van der Waals surface area contributed by atoms with E-state index in [0.29, 0.717) is 11.2 Å². The summed E-state index contributed by atoms with van der Waals surface area (Å²) >= 11 is 0. The Kier molecular flexibility index (Phi) is 7.13. The van der Waals surface area contributed by atoms with Crippen LogP contribution in [0.3, 0.4) is 0 Å². The molecule has 0 radical (unpaired) electrons. The van der Waals surface area contributed by atoms with E-state index in [1.54, 1.807) is 10.9 Å². The molecule has 2 aliphatic heterocycles. The number of hydrogen-bond donors (Lipinski definition) is 6. The van der Waals surface area contributed by atoms with Crippen LogP contribution in [0.4, 0.5) is 11.6 Å². The van der Waals surface area contributed by atoms with Crippen LogP contribution in [-0.4, -0.2) is 110 Å². The van der Waals surface area contributed by atoms with Crippen molar-refractivity contribution < 1.29 is 34.6 Å². The summed E-state index contributed by atoms with van der Waals surface area (Å²) in [4.78, 5) is 25.0. The Morgan fingerprint density at radius 1 is 1.00 bits per heavy atom. The van der Waals surface area contributed by atoms with Crippen LogP contribution in [0.1, 0.15) is 31.1 Å². The normalized spacial score (nSPS) is 28.8. The lowest BCUT2D eigenvalue weighted by atomic mass is 10.1. The van der Waals surface area contributed by atoms with Crippen LogP contribution in [-0.2, 0) is 14.2 Å². The van der Waals surface area contributed by atoms with E-state index >= 15 is 0 Å². The second-order valence-electron chi connectivity index (χ2n) is 9.71. The highest BCUT2D eigenvalue weighted by molar-refractivity contribution is 5.82. The first-order chi connectivity index (χ1) is 19.8. The zero-order valence-electron chi connectivity index (χ0n) is 21.7. The maximum atomic E-state index is 10.8. The molecule has 1 unspecified atom stereocenters. The maximum Gasteiger partial charge on any atom is 0.190 e. The minimum absolute atomic E-state index is 0.0828. The zero-order chi connectivity index (χ0) is 28.8. The van der Waals surface area contributed by atoms with Crippen LogP contribution in [0, 0.1) is 11.8 Å². The van der Waals surface area contributed by atoms with Gasteiger partial charge in [0.25, 0.3) is 0 Å². The van der Waals surface area contributed by atoms with Gasteiger partial charge >= 0.3 is 0 Å². The number of ether oxygens (including phenoxy) is 3. The Balaban J connectivity index is 1.26. The molecule has 17 heteroatoms. The summed E-state index contributed by atoms with van der Waals surface area (Å²) in [7, 11) is 1.47. The molecule has 41 heavy (non-hydrogen) atoms. The first kappa shape index (κ1) is 27.2. The van der Waals surface area contributed by atoms with Crippen LogP contribution in [0.25, 0.3) is 22.3 Å². The number of nitrogens with two attached hydrogens (primary N) is 2. The SMILES string of the molecule is COC(C#Cc1nc2c(N)ncnc2n1[C@@H]1O[C@H](CO)[C@@H](O)[C@H]1O)C[C@H]1O[C@@H](n2cnc3c(N)ncnc32)C[C@@H]1O. The molecule has 216 valence electrons. The lowest BCUT2D eigenvalue weighted by Crippen LogP contribution is -2.33. The number of imidazole rings is 2. The van der Waals surface area contributed by atoms with Gasteiger partial charge in [-0.3, -0.25) is 9.13 Å².